The molecule has 0 aliphatic carbocycles. The zero-order valence-corrected chi connectivity index (χ0v) is 12.9. The first-order valence-electron chi connectivity index (χ1n) is 6.50. The molecule has 9 heteroatoms. The molecule has 0 bridgehead atoms. The summed E-state index contributed by atoms with van der Waals surface area (Å²) >= 11 is 5.89. The Morgan fingerprint density at radius 3 is 2.78 bits per heavy atom. The van der Waals surface area contributed by atoms with Crippen molar-refractivity contribution in [1.82, 2.24) is 20.2 Å². The molecule has 0 fully saturated rings. The summed E-state index contributed by atoms with van der Waals surface area (Å²) in [5.41, 5.74) is -1.09. The highest BCUT2D eigenvalue weighted by Crippen LogP contribution is 2.16. The van der Waals surface area contributed by atoms with E-state index in [4.69, 9.17) is 16.4 Å². The minimum atomic E-state index is -0.649. The number of aromatic amines is 2. The molecule has 0 saturated carbocycles. The molecular formula is C14H11ClN4O4. The Labute approximate surface area is 133 Å². The molecule has 3 aromatic rings. The lowest BCUT2D eigenvalue weighted by atomic mass is 10.2. The highest BCUT2D eigenvalue weighted by atomic mass is 35.5. The summed E-state index contributed by atoms with van der Waals surface area (Å²) in [5, 5.41) is 7.64. The van der Waals surface area contributed by atoms with E-state index in [-0.39, 0.29) is 27.5 Å². The summed E-state index contributed by atoms with van der Waals surface area (Å²) in [6.07, 6.45) is 0. The second kappa shape index (κ2) is 5.49. The average molecular weight is 335 g/mol. The molecule has 0 radical (unpaired) electrons. The Kier molecular flexibility index (Phi) is 3.63. The summed E-state index contributed by atoms with van der Waals surface area (Å²) in [6.45, 7) is 0. The van der Waals surface area contributed by atoms with E-state index >= 15 is 0 Å². The second-order valence-corrected chi connectivity index (χ2v) is 5.22. The Morgan fingerprint density at radius 2 is 2.09 bits per heavy atom. The summed E-state index contributed by atoms with van der Waals surface area (Å²) in [7, 11) is 2.67. The molecule has 1 aromatic carbocycles. The number of hydroxylamine groups is 2. The van der Waals surface area contributed by atoms with Gasteiger partial charge in [-0.2, -0.15) is 5.10 Å². The van der Waals surface area contributed by atoms with Crippen LogP contribution in [0, 0.1) is 0 Å². The SMILES string of the molecule is CON(C)C(=O)c1n[nH]c2c(=O)[nH]c3cc(Cl)ccc3c(=O)c12. The third kappa shape index (κ3) is 2.37. The molecule has 0 unspecified atom stereocenters. The predicted octanol–water partition coefficient (Wildman–Crippen LogP) is 1.05. The zero-order valence-electron chi connectivity index (χ0n) is 12.1. The number of rotatable bonds is 2. The second-order valence-electron chi connectivity index (χ2n) is 4.78. The number of carbonyl (C=O) groups excluding carboxylic acids is 1. The molecule has 23 heavy (non-hydrogen) atoms. The van der Waals surface area contributed by atoms with Crippen molar-refractivity contribution < 1.29 is 9.63 Å². The van der Waals surface area contributed by atoms with Crippen LogP contribution in [-0.2, 0) is 4.84 Å². The Balaban J connectivity index is 2.49. The van der Waals surface area contributed by atoms with Crippen LogP contribution < -0.4 is 11.0 Å². The fourth-order valence-electron chi connectivity index (χ4n) is 2.25. The normalized spacial score (nSPS) is 11.1. The Morgan fingerprint density at radius 1 is 1.35 bits per heavy atom. The number of halogens is 1. The lowest BCUT2D eigenvalue weighted by Crippen LogP contribution is -2.26. The van der Waals surface area contributed by atoms with E-state index in [1.807, 2.05) is 0 Å². The largest absolute Gasteiger partial charge is 0.320 e. The van der Waals surface area contributed by atoms with Crippen molar-refractivity contribution in [2.75, 3.05) is 14.2 Å². The average Bonchev–Trinajstić information content (AvgIpc) is 2.94. The number of amides is 1. The van der Waals surface area contributed by atoms with E-state index in [0.717, 1.165) is 5.06 Å². The number of H-pyrrole nitrogens is 2. The molecule has 0 aliphatic heterocycles. The van der Waals surface area contributed by atoms with Gasteiger partial charge in [-0.15, -0.1) is 0 Å². The van der Waals surface area contributed by atoms with E-state index < -0.39 is 16.9 Å². The van der Waals surface area contributed by atoms with Crippen LogP contribution >= 0.6 is 11.6 Å². The summed E-state index contributed by atoms with van der Waals surface area (Å²) in [4.78, 5) is 44.7. The molecule has 3 rings (SSSR count). The van der Waals surface area contributed by atoms with Crippen LogP contribution in [0.5, 0.6) is 0 Å². The minimum Gasteiger partial charge on any atom is -0.320 e. The summed E-state index contributed by atoms with van der Waals surface area (Å²) < 4.78 is 0. The van der Waals surface area contributed by atoms with E-state index in [9.17, 15) is 14.4 Å². The van der Waals surface area contributed by atoms with Gasteiger partial charge in [0.1, 0.15) is 5.52 Å². The third-order valence-electron chi connectivity index (χ3n) is 3.46. The molecule has 118 valence electrons. The molecule has 2 N–H and O–H groups in total. The molecule has 0 aliphatic rings. The number of aromatic nitrogens is 3. The Bertz CT molecular complexity index is 1060. The van der Waals surface area contributed by atoms with Crippen LogP contribution in [0.1, 0.15) is 10.5 Å². The standard InChI is InChI=1S/C14H11ClN4O4/c1-19(23-2)14(22)11-9-10(17-18-11)13(21)16-8-5-6(15)3-4-7(8)12(9)20/h3-5H,1-2H3,(H,16,21)(H,17,18). The zero-order chi connectivity index (χ0) is 16.7. The van der Waals surface area contributed by atoms with Gasteiger partial charge < -0.3 is 4.98 Å². The molecule has 8 nitrogen and oxygen atoms in total. The summed E-state index contributed by atoms with van der Waals surface area (Å²) in [6, 6.07) is 4.48. The van der Waals surface area contributed by atoms with Crippen LogP contribution in [0.25, 0.3) is 21.8 Å². The highest BCUT2D eigenvalue weighted by molar-refractivity contribution is 6.31. The van der Waals surface area contributed by atoms with Crippen molar-refractivity contribution in [3.63, 3.8) is 0 Å². The fraction of sp³-hybridized carbons (Fsp3) is 0.143. The van der Waals surface area contributed by atoms with Crippen LogP contribution in [0.15, 0.2) is 27.8 Å². The molecule has 1 amide bonds. The van der Waals surface area contributed by atoms with Gasteiger partial charge in [0.15, 0.2) is 11.1 Å². The first-order valence-corrected chi connectivity index (χ1v) is 6.88. The number of hydrogen-bond donors (Lipinski definition) is 2. The van der Waals surface area contributed by atoms with Crippen LogP contribution in [0.3, 0.4) is 0 Å². The molecule has 2 aromatic heterocycles. The van der Waals surface area contributed by atoms with Gasteiger partial charge in [0, 0.05) is 17.5 Å². The van der Waals surface area contributed by atoms with Gasteiger partial charge in [-0.25, -0.2) is 5.06 Å². The highest BCUT2D eigenvalue weighted by Gasteiger charge is 2.22. The van der Waals surface area contributed by atoms with E-state index in [1.165, 1.54) is 32.4 Å². The topological polar surface area (TPSA) is 108 Å². The maximum absolute atomic E-state index is 12.8. The van der Waals surface area contributed by atoms with Gasteiger partial charge in [-0.1, -0.05) is 11.6 Å². The van der Waals surface area contributed by atoms with Gasteiger partial charge in [-0.05, 0) is 18.2 Å². The number of carbonyl (C=O) groups is 1. The number of nitrogens with one attached hydrogen (secondary N) is 2. The van der Waals surface area contributed by atoms with Crippen molar-refractivity contribution in [2.24, 2.45) is 0 Å². The van der Waals surface area contributed by atoms with Gasteiger partial charge in [0.05, 0.1) is 18.0 Å². The molecule has 0 saturated heterocycles. The minimum absolute atomic E-state index is 0.0878. The first kappa shape index (κ1) is 15.2. The van der Waals surface area contributed by atoms with Crippen molar-refractivity contribution >= 4 is 39.3 Å². The maximum Gasteiger partial charge on any atom is 0.298 e. The van der Waals surface area contributed by atoms with Gasteiger partial charge in [0.25, 0.3) is 11.5 Å². The first-order chi connectivity index (χ1) is 10.9. The van der Waals surface area contributed by atoms with E-state index in [1.54, 1.807) is 0 Å². The van der Waals surface area contributed by atoms with Gasteiger partial charge in [0.2, 0.25) is 0 Å². The number of nitrogens with zero attached hydrogens (tertiary/aromatic N) is 2. The third-order valence-corrected chi connectivity index (χ3v) is 3.69. The number of fused-ring (bicyclic) bond motifs is 2. The van der Waals surface area contributed by atoms with Gasteiger partial charge in [-0.3, -0.25) is 24.3 Å². The predicted molar refractivity (Wildman–Crippen MR) is 84.6 cm³/mol. The van der Waals surface area contributed by atoms with Crippen molar-refractivity contribution in [3.05, 3.63) is 49.5 Å². The summed E-state index contributed by atoms with van der Waals surface area (Å²) in [5.74, 6) is -0.649. The fourth-order valence-corrected chi connectivity index (χ4v) is 2.42. The Hall–Kier alpha value is -2.71. The van der Waals surface area contributed by atoms with E-state index in [0.29, 0.717) is 5.02 Å². The van der Waals surface area contributed by atoms with E-state index in [2.05, 4.69) is 15.2 Å². The monoisotopic (exact) mass is 334 g/mol. The number of hydrogen-bond acceptors (Lipinski definition) is 5. The number of benzene rings is 1. The van der Waals surface area contributed by atoms with Crippen molar-refractivity contribution in [1.29, 1.82) is 0 Å². The maximum atomic E-state index is 12.8. The molecular weight excluding hydrogens is 324 g/mol. The van der Waals surface area contributed by atoms with Crippen molar-refractivity contribution in [3.8, 4) is 0 Å². The lowest BCUT2D eigenvalue weighted by Gasteiger charge is -2.11. The lowest BCUT2D eigenvalue weighted by molar-refractivity contribution is -0.0759. The molecule has 2 heterocycles. The quantitative estimate of drug-likeness (QED) is 0.681. The van der Waals surface area contributed by atoms with Crippen LogP contribution in [0.4, 0.5) is 0 Å². The van der Waals surface area contributed by atoms with Gasteiger partial charge >= 0.3 is 0 Å². The smallest absolute Gasteiger partial charge is 0.298 e. The molecule has 0 atom stereocenters. The van der Waals surface area contributed by atoms with Crippen molar-refractivity contribution in [2.45, 2.75) is 0 Å². The van der Waals surface area contributed by atoms with Crippen LogP contribution in [-0.4, -0.2) is 40.3 Å². The van der Waals surface area contributed by atoms with Crippen LogP contribution in [0.2, 0.25) is 5.02 Å². The molecule has 0 spiro atoms.